The van der Waals surface area contributed by atoms with Crippen molar-refractivity contribution in [3.63, 3.8) is 0 Å². The number of rotatable bonds is 2. The van der Waals surface area contributed by atoms with Gasteiger partial charge < -0.3 is 15.1 Å². The van der Waals surface area contributed by atoms with Crippen molar-refractivity contribution in [2.45, 2.75) is 71.8 Å². The Morgan fingerprint density at radius 1 is 1.03 bits per heavy atom. The van der Waals surface area contributed by atoms with E-state index < -0.39 is 0 Å². The van der Waals surface area contributed by atoms with Crippen molar-refractivity contribution in [2.24, 2.45) is 16.7 Å². The third-order valence-electron chi connectivity index (χ3n) is 7.74. The van der Waals surface area contributed by atoms with E-state index in [1.807, 2.05) is 40.1 Å². The zero-order valence-electron chi connectivity index (χ0n) is 18.8. The quantitative estimate of drug-likeness (QED) is 0.710. The molecule has 1 atom stereocenters. The van der Waals surface area contributed by atoms with Crippen LogP contribution in [0.3, 0.4) is 0 Å². The van der Waals surface area contributed by atoms with Crippen LogP contribution < -0.4 is 10.2 Å². The lowest BCUT2D eigenvalue weighted by molar-refractivity contribution is -0.136. The molecule has 1 N–H and O–H groups in total. The summed E-state index contributed by atoms with van der Waals surface area (Å²) >= 11 is 0. The minimum Gasteiger partial charge on any atom is -0.335 e. The van der Waals surface area contributed by atoms with Crippen molar-refractivity contribution < 1.29 is 9.59 Å². The van der Waals surface area contributed by atoms with Crippen molar-refractivity contribution in [1.82, 2.24) is 10.2 Å². The molecule has 2 heterocycles. The van der Waals surface area contributed by atoms with E-state index in [1.54, 1.807) is 0 Å². The summed E-state index contributed by atoms with van der Waals surface area (Å²) in [4.78, 5) is 29.7. The molecule has 0 aromatic heterocycles. The second-order valence-electron chi connectivity index (χ2n) is 10.7. The summed E-state index contributed by atoms with van der Waals surface area (Å²) in [6, 6.07) is 10.3. The molecule has 2 saturated heterocycles. The van der Waals surface area contributed by atoms with Crippen molar-refractivity contribution in [3.05, 3.63) is 30.3 Å². The van der Waals surface area contributed by atoms with E-state index in [0.29, 0.717) is 18.0 Å². The fourth-order valence-corrected chi connectivity index (χ4v) is 5.59. The van der Waals surface area contributed by atoms with Gasteiger partial charge in [-0.2, -0.15) is 0 Å². The number of anilines is 1. The fourth-order valence-electron chi connectivity index (χ4n) is 5.59. The number of hydrogen-bond acceptors (Lipinski definition) is 2. The maximum Gasteiger partial charge on any atom is 0.317 e. The van der Waals surface area contributed by atoms with E-state index in [-0.39, 0.29) is 17.4 Å². The largest absolute Gasteiger partial charge is 0.335 e. The molecule has 0 bridgehead atoms. The van der Waals surface area contributed by atoms with Crippen LogP contribution in [0.1, 0.15) is 65.7 Å². The Morgan fingerprint density at radius 3 is 2.37 bits per heavy atom. The molecular formula is C25H37N3O2. The van der Waals surface area contributed by atoms with Crippen LogP contribution in [0.25, 0.3) is 0 Å². The van der Waals surface area contributed by atoms with Gasteiger partial charge in [0.05, 0.1) is 5.41 Å². The Kier molecular flexibility index (Phi) is 5.82. The van der Waals surface area contributed by atoms with E-state index in [1.165, 1.54) is 12.8 Å². The van der Waals surface area contributed by atoms with Crippen LogP contribution in [0, 0.1) is 16.7 Å². The molecular weight excluding hydrogens is 374 g/mol. The molecule has 3 amide bonds. The second-order valence-corrected chi connectivity index (χ2v) is 10.7. The lowest BCUT2D eigenvalue weighted by atomic mass is 9.71. The summed E-state index contributed by atoms with van der Waals surface area (Å²) in [5, 5.41) is 3.29. The molecule has 4 rings (SSSR count). The van der Waals surface area contributed by atoms with E-state index in [4.69, 9.17) is 0 Å². The van der Waals surface area contributed by atoms with Crippen LogP contribution in [-0.2, 0) is 4.79 Å². The van der Waals surface area contributed by atoms with Gasteiger partial charge in [0, 0.05) is 31.4 Å². The molecule has 164 valence electrons. The molecule has 1 aromatic rings. The van der Waals surface area contributed by atoms with Gasteiger partial charge in [-0.25, -0.2) is 4.79 Å². The number of β-lactam (4-membered cyclic amide) rings is 1. The average Bonchev–Trinajstić information content (AvgIpc) is 2.97. The second kappa shape index (κ2) is 8.24. The summed E-state index contributed by atoms with van der Waals surface area (Å²) in [5.41, 5.74) is 1.07. The van der Waals surface area contributed by atoms with Crippen LogP contribution >= 0.6 is 0 Å². The summed E-state index contributed by atoms with van der Waals surface area (Å²) in [7, 11) is 0. The highest BCUT2D eigenvalue weighted by Gasteiger charge is 2.52. The monoisotopic (exact) mass is 411 g/mol. The smallest absolute Gasteiger partial charge is 0.317 e. The zero-order chi connectivity index (χ0) is 21.4. The normalized spacial score (nSPS) is 30.0. The molecule has 1 spiro atoms. The Labute approximate surface area is 181 Å². The standard InChI is InChI=1S/C25H37N3O2/c1-24(2,3)19-10-12-20(13-11-19)26-23(30)27-16-7-14-25(15-17-27)18-28(22(25)29)21-8-5-4-6-9-21/h4-6,8-9,19-20H,7,10-18H2,1-3H3,(H,26,30). The van der Waals surface area contributed by atoms with Crippen molar-refractivity contribution in [1.29, 1.82) is 0 Å². The minimum absolute atomic E-state index is 0.0675. The summed E-state index contributed by atoms with van der Waals surface area (Å²) in [6.07, 6.45) is 7.11. The van der Waals surface area contributed by atoms with Gasteiger partial charge in [0.2, 0.25) is 5.91 Å². The number of urea groups is 1. The van der Waals surface area contributed by atoms with Crippen molar-refractivity contribution >= 4 is 17.6 Å². The number of benzene rings is 1. The molecule has 5 heteroatoms. The van der Waals surface area contributed by atoms with Gasteiger partial charge in [-0.1, -0.05) is 39.0 Å². The molecule has 1 aromatic carbocycles. The van der Waals surface area contributed by atoms with Gasteiger partial charge in [-0.15, -0.1) is 0 Å². The van der Waals surface area contributed by atoms with E-state index in [2.05, 4.69) is 26.1 Å². The van der Waals surface area contributed by atoms with Crippen LogP contribution in [0.2, 0.25) is 0 Å². The molecule has 1 unspecified atom stereocenters. The van der Waals surface area contributed by atoms with Gasteiger partial charge in [0.25, 0.3) is 0 Å². The predicted octanol–water partition coefficient (Wildman–Crippen LogP) is 4.82. The SMILES string of the molecule is CC(C)(C)C1CCC(NC(=O)N2CCCC3(CC2)CN(c2ccccc2)C3=O)CC1. The highest BCUT2D eigenvalue weighted by Crippen LogP contribution is 2.44. The number of nitrogens with zero attached hydrogens (tertiary/aromatic N) is 2. The molecule has 1 aliphatic carbocycles. The first-order valence-electron chi connectivity index (χ1n) is 11.7. The average molecular weight is 412 g/mol. The molecule has 2 aliphatic heterocycles. The lowest BCUT2D eigenvalue weighted by Gasteiger charge is -2.48. The number of para-hydroxylation sites is 1. The molecule has 0 radical (unpaired) electrons. The number of hydrogen-bond donors (Lipinski definition) is 1. The fraction of sp³-hybridized carbons (Fsp3) is 0.680. The first-order valence-corrected chi connectivity index (χ1v) is 11.7. The maximum absolute atomic E-state index is 13.0. The molecule has 5 nitrogen and oxygen atoms in total. The van der Waals surface area contributed by atoms with E-state index in [9.17, 15) is 9.59 Å². The Hall–Kier alpha value is -2.04. The third kappa shape index (κ3) is 4.21. The number of likely N-dealkylation sites (tertiary alicyclic amines) is 1. The molecule has 1 saturated carbocycles. The topological polar surface area (TPSA) is 52.7 Å². The first-order chi connectivity index (χ1) is 14.3. The highest BCUT2D eigenvalue weighted by atomic mass is 16.2. The summed E-state index contributed by atoms with van der Waals surface area (Å²) in [5.74, 6) is 0.984. The van der Waals surface area contributed by atoms with Gasteiger partial charge in [-0.05, 0) is 68.4 Å². The number of carbonyl (C=O) groups is 2. The van der Waals surface area contributed by atoms with Crippen LogP contribution in [0.5, 0.6) is 0 Å². The van der Waals surface area contributed by atoms with Crippen LogP contribution in [0.4, 0.5) is 10.5 Å². The number of amides is 3. The van der Waals surface area contributed by atoms with E-state index >= 15 is 0 Å². The van der Waals surface area contributed by atoms with Crippen LogP contribution in [-0.4, -0.2) is 42.5 Å². The Bertz CT molecular complexity index is 764. The van der Waals surface area contributed by atoms with Crippen LogP contribution in [0.15, 0.2) is 30.3 Å². The van der Waals surface area contributed by atoms with Crippen molar-refractivity contribution in [3.8, 4) is 0 Å². The molecule has 3 aliphatic rings. The highest BCUT2D eigenvalue weighted by molar-refractivity contribution is 6.04. The van der Waals surface area contributed by atoms with Gasteiger partial charge >= 0.3 is 6.03 Å². The summed E-state index contributed by atoms with van der Waals surface area (Å²) in [6.45, 7) is 9.18. The zero-order valence-corrected chi connectivity index (χ0v) is 18.8. The Morgan fingerprint density at radius 2 is 1.73 bits per heavy atom. The molecule has 3 fully saturated rings. The number of carbonyl (C=O) groups excluding carboxylic acids is 2. The first kappa shape index (κ1) is 21.2. The number of nitrogens with one attached hydrogen (secondary N) is 1. The third-order valence-corrected chi connectivity index (χ3v) is 7.74. The predicted molar refractivity (Wildman–Crippen MR) is 120 cm³/mol. The molecule has 30 heavy (non-hydrogen) atoms. The van der Waals surface area contributed by atoms with Gasteiger partial charge in [0.15, 0.2) is 0 Å². The van der Waals surface area contributed by atoms with Crippen molar-refractivity contribution in [2.75, 3.05) is 24.5 Å². The lowest BCUT2D eigenvalue weighted by Crippen LogP contribution is -2.62. The van der Waals surface area contributed by atoms with Gasteiger partial charge in [-0.3, -0.25) is 4.79 Å². The minimum atomic E-state index is -0.268. The van der Waals surface area contributed by atoms with Gasteiger partial charge in [0.1, 0.15) is 0 Å². The van der Waals surface area contributed by atoms with E-state index in [0.717, 1.165) is 56.8 Å². The summed E-state index contributed by atoms with van der Waals surface area (Å²) < 4.78 is 0. The Balaban J connectivity index is 1.28. The maximum atomic E-state index is 13.0.